The fraction of sp³-hybridized carbons (Fsp3) is 0.846. The molecule has 0 N–H and O–H groups in total. The van der Waals surface area contributed by atoms with Crippen molar-refractivity contribution < 1.29 is 4.43 Å². The van der Waals surface area contributed by atoms with E-state index in [1.165, 1.54) is 6.42 Å². The predicted molar refractivity (Wildman–Crippen MR) is 71.8 cm³/mol. The molecular formula is C13H28OSi. The lowest BCUT2D eigenvalue weighted by Crippen LogP contribution is -2.43. The van der Waals surface area contributed by atoms with Crippen LogP contribution in [0.25, 0.3) is 0 Å². The van der Waals surface area contributed by atoms with E-state index in [2.05, 4.69) is 47.4 Å². The number of hydrogen-bond acceptors (Lipinski definition) is 1. The van der Waals surface area contributed by atoms with Crippen molar-refractivity contribution in [3.05, 3.63) is 12.7 Å². The first-order chi connectivity index (χ1) is 6.74. The second-order valence-electron chi connectivity index (χ2n) is 5.81. The number of rotatable bonds is 6. The molecule has 0 unspecified atom stereocenters. The summed E-state index contributed by atoms with van der Waals surface area (Å²) in [6.45, 7) is 17.5. The van der Waals surface area contributed by atoms with Crippen LogP contribution in [0.5, 0.6) is 0 Å². The summed E-state index contributed by atoms with van der Waals surface area (Å²) in [5.74, 6) is 0. The lowest BCUT2D eigenvalue weighted by Gasteiger charge is -2.39. The van der Waals surface area contributed by atoms with Gasteiger partial charge in [0.05, 0.1) is 0 Å². The summed E-state index contributed by atoms with van der Waals surface area (Å²) in [6.07, 6.45) is 5.69. The molecule has 1 nitrogen and oxygen atoms in total. The van der Waals surface area contributed by atoms with Gasteiger partial charge in [0.1, 0.15) is 0 Å². The quantitative estimate of drug-likeness (QED) is 0.471. The van der Waals surface area contributed by atoms with Crippen molar-refractivity contribution in [3.8, 4) is 0 Å². The fourth-order valence-corrected chi connectivity index (χ4v) is 2.73. The van der Waals surface area contributed by atoms with E-state index in [0.29, 0.717) is 11.1 Å². The summed E-state index contributed by atoms with van der Waals surface area (Å²) < 4.78 is 6.35. The molecule has 0 aliphatic heterocycles. The molecule has 0 aromatic carbocycles. The molecule has 0 fully saturated rings. The predicted octanol–water partition coefficient (Wildman–Crippen LogP) is 4.75. The molecule has 90 valence electrons. The van der Waals surface area contributed by atoms with Gasteiger partial charge in [0.15, 0.2) is 8.32 Å². The van der Waals surface area contributed by atoms with Crippen LogP contribution >= 0.6 is 0 Å². The topological polar surface area (TPSA) is 9.23 Å². The van der Waals surface area contributed by atoms with Crippen molar-refractivity contribution in [3.63, 3.8) is 0 Å². The van der Waals surface area contributed by atoms with Gasteiger partial charge in [0.25, 0.3) is 0 Å². The summed E-state index contributed by atoms with van der Waals surface area (Å²) in [7, 11) is -1.59. The van der Waals surface area contributed by atoms with E-state index in [1.54, 1.807) is 0 Å². The van der Waals surface area contributed by atoms with Crippen LogP contribution in [0.3, 0.4) is 0 Å². The van der Waals surface area contributed by atoms with Crippen molar-refractivity contribution in [2.45, 2.75) is 71.2 Å². The van der Waals surface area contributed by atoms with Gasteiger partial charge in [-0.15, -0.1) is 6.58 Å². The summed E-state index contributed by atoms with van der Waals surface area (Å²) in [6, 6.07) is 0. The van der Waals surface area contributed by atoms with Gasteiger partial charge in [-0.2, -0.15) is 0 Å². The highest BCUT2D eigenvalue weighted by Gasteiger charge is 2.38. The molecule has 0 aromatic heterocycles. The van der Waals surface area contributed by atoms with Gasteiger partial charge in [-0.3, -0.25) is 0 Å². The van der Waals surface area contributed by atoms with Gasteiger partial charge in [-0.05, 0) is 31.0 Å². The highest BCUT2D eigenvalue weighted by atomic mass is 28.4. The van der Waals surface area contributed by atoms with E-state index in [0.717, 1.165) is 12.8 Å². The van der Waals surface area contributed by atoms with E-state index in [9.17, 15) is 0 Å². The van der Waals surface area contributed by atoms with E-state index >= 15 is 0 Å². The minimum absolute atomic E-state index is 0.306. The molecular weight excluding hydrogens is 200 g/mol. The third-order valence-electron chi connectivity index (χ3n) is 3.31. The Bertz CT molecular complexity index is 191. The van der Waals surface area contributed by atoms with Crippen LogP contribution in [-0.4, -0.2) is 14.4 Å². The SMILES string of the molecule is C=CC[C@H](CCC)O[Si](C)(C)C(C)(C)C. The Kier molecular flexibility index (Phi) is 5.82. The summed E-state index contributed by atoms with van der Waals surface area (Å²) in [4.78, 5) is 0. The lowest BCUT2D eigenvalue weighted by atomic mass is 10.1. The van der Waals surface area contributed by atoms with Gasteiger partial charge < -0.3 is 4.43 Å². The van der Waals surface area contributed by atoms with Crippen molar-refractivity contribution >= 4 is 8.32 Å². The molecule has 0 rings (SSSR count). The van der Waals surface area contributed by atoms with Gasteiger partial charge in [0.2, 0.25) is 0 Å². The smallest absolute Gasteiger partial charge is 0.192 e. The van der Waals surface area contributed by atoms with E-state index in [4.69, 9.17) is 4.43 Å². The zero-order valence-electron chi connectivity index (χ0n) is 11.4. The first-order valence-corrected chi connectivity index (χ1v) is 8.94. The van der Waals surface area contributed by atoms with Crippen molar-refractivity contribution in [2.75, 3.05) is 0 Å². The second-order valence-corrected chi connectivity index (χ2v) is 10.6. The second kappa shape index (κ2) is 5.85. The number of hydrogen-bond donors (Lipinski definition) is 0. The molecule has 0 saturated carbocycles. The van der Waals surface area contributed by atoms with Crippen LogP contribution in [0.1, 0.15) is 47.0 Å². The van der Waals surface area contributed by atoms with Crippen LogP contribution < -0.4 is 0 Å². The average Bonchev–Trinajstić information content (AvgIpc) is 2.02. The largest absolute Gasteiger partial charge is 0.414 e. The highest BCUT2D eigenvalue weighted by molar-refractivity contribution is 6.74. The maximum absolute atomic E-state index is 6.35. The van der Waals surface area contributed by atoms with Gasteiger partial charge >= 0.3 is 0 Å². The molecule has 0 radical (unpaired) electrons. The zero-order valence-corrected chi connectivity index (χ0v) is 12.4. The minimum atomic E-state index is -1.59. The standard InChI is InChI=1S/C13H28OSi/c1-8-10-12(11-9-2)14-15(6,7)13(3,4)5/h8,12H,1,9-11H2,2-7H3/t12-/m1/s1. The Hall–Kier alpha value is -0.0831. The molecule has 0 heterocycles. The monoisotopic (exact) mass is 228 g/mol. The maximum atomic E-state index is 6.35. The molecule has 1 atom stereocenters. The Morgan fingerprint density at radius 2 is 1.87 bits per heavy atom. The van der Waals surface area contributed by atoms with E-state index < -0.39 is 8.32 Å². The summed E-state index contributed by atoms with van der Waals surface area (Å²) in [5, 5.41) is 0.306. The highest BCUT2D eigenvalue weighted by Crippen LogP contribution is 2.38. The first kappa shape index (κ1) is 14.9. The molecule has 2 heteroatoms. The Morgan fingerprint density at radius 3 is 2.20 bits per heavy atom. The zero-order chi connectivity index (χ0) is 12.1. The molecule has 0 amide bonds. The average molecular weight is 228 g/mol. The molecule has 0 aromatic rings. The fourth-order valence-electron chi connectivity index (χ4n) is 1.33. The Balaban J connectivity index is 4.43. The normalized spacial score (nSPS) is 15.1. The van der Waals surface area contributed by atoms with Gasteiger partial charge in [-0.25, -0.2) is 0 Å². The van der Waals surface area contributed by atoms with Crippen LogP contribution in [0, 0.1) is 0 Å². The Labute approximate surface area is 97.0 Å². The van der Waals surface area contributed by atoms with Gasteiger partial charge in [0, 0.05) is 6.10 Å². The third-order valence-corrected chi connectivity index (χ3v) is 7.84. The molecule has 0 spiro atoms. The van der Waals surface area contributed by atoms with Crippen molar-refractivity contribution in [1.82, 2.24) is 0 Å². The summed E-state index contributed by atoms with van der Waals surface area (Å²) >= 11 is 0. The molecule has 0 bridgehead atoms. The van der Waals surface area contributed by atoms with Crippen LogP contribution in [0.4, 0.5) is 0 Å². The van der Waals surface area contributed by atoms with E-state index in [-0.39, 0.29) is 0 Å². The molecule has 0 aliphatic rings. The van der Waals surface area contributed by atoms with Gasteiger partial charge in [-0.1, -0.05) is 40.2 Å². The van der Waals surface area contributed by atoms with Crippen LogP contribution in [0.15, 0.2) is 12.7 Å². The molecule has 15 heavy (non-hydrogen) atoms. The third kappa shape index (κ3) is 4.98. The first-order valence-electron chi connectivity index (χ1n) is 6.03. The molecule has 0 saturated heterocycles. The van der Waals surface area contributed by atoms with E-state index in [1.807, 2.05) is 6.08 Å². The van der Waals surface area contributed by atoms with Crippen LogP contribution in [-0.2, 0) is 4.43 Å². The van der Waals surface area contributed by atoms with Crippen molar-refractivity contribution in [1.29, 1.82) is 0 Å². The van der Waals surface area contributed by atoms with Crippen LogP contribution in [0.2, 0.25) is 18.1 Å². The lowest BCUT2D eigenvalue weighted by molar-refractivity contribution is 0.173. The Morgan fingerprint density at radius 1 is 1.33 bits per heavy atom. The minimum Gasteiger partial charge on any atom is -0.414 e. The summed E-state index contributed by atoms with van der Waals surface area (Å²) in [5.41, 5.74) is 0. The molecule has 0 aliphatic carbocycles. The maximum Gasteiger partial charge on any atom is 0.192 e. The van der Waals surface area contributed by atoms with Crippen molar-refractivity contribution in [2.24, 2.45) is 0 Å².